The Morgan fingerprint density at radius 2 is 1.53 bits per heavy atom. The summed E-state index contributed by atoms with van der Waals surface area (Å²) in [5.41, 5.74) is 6.62. The van der Waals surface area contributed by atoms with Gasteiger partial charge in [-0.25, -0.2) is 9.59 Å². The van der Waals surface area contributed by atoms with Gasteiger partial charge in [0, 0.05) is 24.5 Å². The number of urea groups is 2. The van der Waals surface area contributed by atoms with Crippen molar-refractivity contribution in [1.82, 2.24) is 15.1 Å². The fraction of sp³-hybridized carbons (Fsp3) is 0.400. The van der Waals surface area contributed by atoms with Gasteiger partial charge in [0.25, 0.3) is 0 Å². The Bertz CT molecular complexity index is 1220. The predicted molar refractivity (Wildman–Crippen MR) is 151 cm³/mol. The summed E-state index contributed by atoms with van der Waals surface area (Å²) in [5, 5.41) is 9.88. The van der Waals surface area contributed by atoms with E-state index < -0.39 is 18.1 Å². The fourth-order valence-corrected chi connectivity index (χ4v) is 5.42. The molecule has 2 aromatic rings. The van der Waals surface area contributed by atoms with Gasteiger partial charge < -0.3 is 31.5 Å². The Morgan fingerprint density at radius 1 is 0.895 bits per heavy atom. The second-order valence-electron chi connectivity index (χ2n) is 9.32. The van der Waals surface area contributed by atoms with Gasteiger partial charge in [-0.1, -0.05) is 46.4 Å². The van der Waals surface area contributed by atoms with Crippen molar-refractivity contribution in [3.8, 4) is 0 Å². The van der Waals surface area contributed by atoms with E-state index in [1.807, 2.05) is 0 Å². The van der Waals surface area contributed by atoms with Crippen LogP contribution in [-0.2, 0) is 4.79 Å². The maximum absolute atomic E-state index is 13.5. The van der Waals surface area contributed by atoms with Crippen LogP contribution in [-0.4, -0.2) is 65.5 Å². The molecular weight excluding hydrogens is 574 g/mol. The molecule has 0 saturated carbocycles. The normalized spacial score (nSPS) is 20.8. The summed E-state index contributed by atoms with van der Waals surface area (Å²) in [6.45, 7) is 1.19. The molecule has 0 aromatic heterocycles. The summed E-state index contributed by atoms with van der Waals surface area (Å²) < 4.78 is 0. The second-order valence-corrected chi connectivity index (χ2v) is 10.9. The number of anilines is 2. The molecule has 2 aromatic carbocycles. The smallest absolute Gasteiger partial charge is 0.322 e. The molecule has 38 heavy (non-hydrogen) atoms. The van der Waals surface area contributed by atoms with Gasteiger partial charge in [0.05, 0.1) is 32.2 Å². The van der Waals surface area contributed by atoms with Gasteiger partial charge in [-0.15, -0.1) is 0 Å². The van der Waals surface area contributed by atoms with E-state index in [1.54, 1.807) is 46.2 Å². The molecule has 0 bridgehead atoms. The molecule has 9 nitrogen and oxygen atoms in total. The average molecular weight is 602 g/mol. The van der Waals surface area contributed by atoms with Crippen molar-refractivity contribution in [2.75, 3.05) is 30.3 Å². The molecule has 2 aliphatic heterocycles. The third-order valence-electron chi connectivity index (χ3n) is 6.64. The Hall–Kier alpha value is -2.43. The first-order chi connectivity index (χ1) is 18.2. The van der Waals surface area contributed by atoms with Crippen LogP contribution in [0.2, 0.25) is 20.1 Å². The van der Waals surface area contributed by atoms with Crippen molar-refractivity contribution in [2.24, 2.45) is 5.73 Å². The van der Waals surface area contributed by atoms with Gasteiger partial charge in [-0.05, 0) is 68.6 Å². The molecule has 2 heterocycles. The van der Waals surface area contributed by atoms with Crippen molar-refractivity contribution in [3.63, 3.8) is 0 Å². The Balaban J connectivity index is 1.43. The van der Waals surface area contributed by atoms with E-state index in [2.05, 4.69) is 16.0 Å². The molecule has 5 N–H and O–H groups in total. The first kappa shape index (κ1) is 28.6. The second kappa shape index (κ2) is 12.6. The van der Waals surface area contributed by atoms with Gasteiger partial charge in [-0.3, -0.25) is 4.79 Å². The van der Waals surface area contributed by atoms with Crippen molar-refractivity contribution in [2.45, 2.75) is 43.8 Å². The van der Waals surface area contributed by atoms with Crippen LogP contribution in [0.3, 0.4) is 0 Å². The molecule has 0 spiro atoms. The van der Waals surface area contributed by atoms with E-state index in [1.165, 1.54) is 0 Å². The number of nitrogens with zero attached hydrogens (tertiary/aromatic N) is 2. The van der Waals surface area contributed by atoms with Gasteiger partial charge >= 0.3 is 12.1 Å². The van der Waals surface area contributed by atoms with Gasteiger partial charge in [-0.2, -0.15) is 0 Å². The van der Waals surface area contributed by atoms with Crippen molar-refractivity contribution >= 4 is 75.7 Å². The summed E-state index contributed by atoms with van der Waals surface area (Å²) in [5.74, 6) is -0.142. The number of hydrogen-bond donors (Lipinski definition) is 4. The number of rotatable bonds is 7. The highest BCUT2D eigenvalue weighted by Crippen LogP contribution is 2.30. The summed E-state index contributed by atoms with van der Waals surface area (Å²) in [7, 11) is 0. The van der Waals surface area contributed by atoms with Crippen molar-refractivity contribution < 1.29 is 14.4 Å². The van der Waals surface area contributed by atoms with E-state index in [9.17, 15) is 14.4 Å². The van der Waals surface area contributed by atoms with E-state index in [4.69, 9.17) is 52.1 Å². The van der Waals surface area contributed by atoms with Crippen LogP contribution in [0.4, 0.5) is 21.0 Å². The lowest BCUT2D eigenvalue weighted by Gasteiger charge is -2.42. The minimum Gasteiger partial charge on any atom is -0.334 e. The first-order valence-electron chi connectivity index (χ1n) is 12.2. The summed E-state index contributed by atoms with van der Waals surface area (Å²) in [4.78, 5) is 42.8. The molecule has 3 atom stereocenters. The van der Waals surface area contributed by atoms with Crippen LogP contribution < -0.4 is 21.7 Å². The topological polar surface area (TPSA) is 120 Å². The summed E-state index contributed by atoms with van der Waals surface area (Å²) >= 11 is 24.0. The molecule has 0 radical (unpaired) electrons. The van der Waals surface area contributed by atoms with Crippen LogP contribution in [0.25, 0.3) is 0 Å². The number of piperazine rings is 1. The maximum atomic E-state index is 13.5. The lowest BCUT2D eigenvalue weighted by molar-refractivity contribution is -0.141. The lowest BCUT2D eigenvalue weighted by Crippen LogP contribution is -2.62. The van der Waals surface area contributed by atoms with Crippen molar-refractivity contribution in [3.05, 3.63) is 56.5 Å². The fourth-order valence-electron chi connectivity index (χ4n) is 4.82. The molecule has 0 unspecified atom stereocenters. The Kier molecular flexibility index (Phi) is 9.49. The molecule has 4 rings (SSSR count). The Labute approximate surface area is 240 Å². The molecule has 5 amide bonds. The van der Waals surface area contributed by atoms with Gasteiger partial charge in [0.15, 0.2) is 0 Å². The average Bonchev–Trinajstić information content (AvgIpc) is 3.27. The highest BCUT2D eigenvalue weighted by molar-refractivity contribution is 6.42. The zero-order chi connectivity index (χ0) is 27.4. The van der Waals surface area contributed by atoms with Crippen molar-refractivity contribution in [1.29, 1.82) is 0 Å². The summed E-state index contributed by atoms with van der Waals surface area (Å²) in [6, 6.07) is 7.63. The first-order valence-corrected chi connectivity index (χ1v) is 13.7. The number of fused-ring (bicyclic) bond motifs is 1. The number of nitrogens with one attached hydrogen (secondary N) is 3. The molecule has 2 fully saturated rings. The summed E-state index contributed by atoms with van der Waals surface area (Å²) in [6.07, 6.45) is 2.45. The van der Waals surface area contributed by atoms with Gasteiger partial charge in [0.1, 0.15) is 6.04 Å². The number of benzene rings is 2. The highest BCUT2D eigenvalue weighted by Gasteiger charge is 2.47. The minimum atomic E-state index is -0.635. The van der Waals surface area contributed by atoms with Gasteiger partial charge in [0.2, 0.25) is 5.91 Å². The number of hydrogen-bond acceptors (Lipinski definition) is 4. The molecular formula is C25H28Cl4N6O3. The number of unbranched alkanes of at least 4 members (excludes halogenated alkanes) is 1. The molecule has 204 valence electrons. The van der Waals surface area contributed by atoms with E-state index in [0.29, 0.717) is 70.4 Å². The van der Waals surface area contributed by atoms with Crippen LogP contribution in [0.5, 0.6) is 0 Å². The zero-order valence-corrected chi connectivity index (χ0v) is 23.4. The predicted octanol–water partition coefficient (Wildman–Crippen LogP) is 5.44. The Morgan fingerprint density at radius 3 is 2.13 bits per heavy atom. The third kappa shape index (κ3) is 6.76. The maximum Gasteiger partial charge on any atom is 0.322 e. The van der Waals surface area contributed by atoms with Crippen LogP contribution in [0, 0.1) is 0 Å². The number of halogens is 4. The molecule has 13 heteroatoms. The molecule has 2 aliphatic rings. The number of carbonyl (C=O) groups excluding carboxylic acids is 3. The lowest BCUT2D eigenvalue weighted by atomic mass is 10.0. The number of amides is 5. The van der Waals surface area contributed by atoms with E-state index >= 15 is 0 Å². The zero-order valence-electron chi connectivity index (χ0n) is 20.4. The largest absolute Gasteiger partial charge is 0.334 e. The number of nitrogens with two attached hydrogens (primary N) is 1. The minimum absolute atomic E-state index is 0.142. The SMILES string of the molecule is NCCCC[C@@H]1C(=O)N2C[C@H](NC(=O)Nc3ccc(Cl)c(Cl)c3)C[C@@H]2CN1C(=O)Nc1ccc(Cl)c(Cl)c1. The van der Waals surface area contributed by atoms with Crippen LogP contribution >= 0.6 is 46.4 Å². The van der Waals surface area contributed by atoms with E-state index in [0.717, 1.165) is 6.42 Å². The number of carbonyl (C=O) groups is 3. The van der Waals surface area contributed by atoms with E-state index in [-0.39, 0.29) is 18.0 Å². The van der Waals surface area contributed by atoms with Crippen LogP contribution in [0.15, 0.2) is 36.4 Å². The molecule has 0 aliphatic carbocycles. The quantitative estimate of drug-likeness (QED) is 0.316. The monoisotopic (exact) mass is 600 g/mol. The standard InChI is InChI=1S/C25H28Cl4N6O3/c26-18-6-4-14(10-20(18)28)31-24(37)32-16-9-17-13-35(22(3-1-2-8-30)23(36)34(17)12-16)25(38)33-15-5-7-19(27)21(29)11-15/h4-7,10-11,16-17,22H,1-3,8-9,12-13,30H2,(H,33,38)(H2,31,32,37)/t16-,17-,22-/m1/s1. The highest BCUT2D eigenvalue weighted by atomic mass is 35.5. The third-order valence-corrected chi connectivity index (χ3v) is 8.12. The molecule has 2 saturated heterocycles. The van der Waals surface area contributed by atoms with Crippen LogP contribution in [0.1, 0.15) is 25.7 Å².